The number of carboxylic acids is 1. The maximum absolute atomic E-state index is 13.0. The van der Waals surface area contributed by atoms with Crippen LogP contribution >= 0.6 is 0 Å². The first kappa shape index (κ1) is 84.5. The van der Waals surface area contributed by atoms with E-state index < -0.39 is 18.4 Å². The summed E-state index contributed by atoms with van der Waals surface area (Å²) in [5, 5.41) is 9.76. The summed E-state index contributed by atoms with van der Waals surface area (Å²) >= 11 is 0. The van der Waals surface area contributed by atoms with Gasteiger partial charge in [-0.25, -0.2) is 4.79 Å². The minimum atomic E-state index is -1.51. The Kier molecular flexibility index (Phi) is 67.4. The number of carboxylic acid groups (broad SMARTS) is 1. The van der Waals surface area contributed by atoms with Crippen molar-refractivity contribution in [2.45, 2.75) is 399 Å². The van der Waals surface area contributed by atoms with Gasteiger partial charge in [0.15, 0.2) is 6.10 Å². The molecule has 0 aliphatic carbocycles. The molecule has 2 atom stereocenters. The third-order valence-electron chi connectivity index (χ3n) is 17.4. The number of carbonyl (C=O) groups is 3. The molecule has 87 heavy (non-hydrogen) atoms. The highest BCUT2D eigenvalue weighted by Crippen LogP contribution is 2.19. The van der Waals surface area contributed by atoms with Crippen molar-refractivity contribution in [3.63, 3.8) is 0 Å². The number of quaternary nitrogens is 1. The van der Waals surface area contributed by atoms with Crippen molar-refractivity contribution in [1.82, 2.24) is 0 Å². The molecule has 2 unspecified atom stereocenters. The van der Waals surface area contributed by atoms with E-state index in [2.05, 4.69) is 50.3 Å². The van der Waals surface area contributed by atoms with Crippen LogP contribution in [0.1, 0.15) is 386 Å². The van der Waals surface area contributed by atoms with Gasteiger partial charge in [-0.1, -0.05) is 339 Å². The number of unbranched alkanes of at least 4 members (excludes halogenated alkanes) is 51. The maximum Gasteiger partial charge on any atom is 0.361 e. The molecule has 0 aromatic carbocycles. The molecule has 0 fully saturated rings. The number of hydrogen-bond acceptors (Lipinski definition) is 7. The van der Waals surface area contributed by atoms with Gasteiger partial charge in [0.05, 0.1) is 34.4 Å². The predicted molar refractivity (Wildman–Crippen MR) is 374 cm³/mol. The minimum Gasteiger partial charge on any atom is -0.477 e. The lowest BCUT2D eigenvalue weighted by molar-refractivity contribution is -0.870. The van der Waals surface area contributed by atoms with Crippen molar-refractivity contribution >= 4 is 17.9 Å². The molecule has 0 aliphatic rings. The highest BCUT2D eigenvalue weighted by molar-refractivity contribution is 5.71. The molecule has 0 rings (SSSR count). The fraction of sp³-hybridized carbons (Fsp3) is 0.885. The number of esters is 2. The first-order valence-electron chi connectivity index (χ1n) is 38.2. The summed E-state index contributed by atoms with van der Waals surface area (Å²) in [5.41, 5.74) is 0. The van der Waals surface area contributed by atoms with Crippen LogP contribution in [0.4, 0.5) is 0 Å². The Labute approximate surface area is 540 Å². The van der Waals surface area contributed by atoms with Crippen LogP contribution in [0.5, 0.6) is 0 Å². The number of likely N-dealkylation sites (N-methyl/N-ethyl adjacent to an activating group) is 1. The normalized spacial score (nSPS) is 12.8. The van der Waals surface area contributed by atoms with Crippen LogP contribution in [0.3, 0.4) is 0 Å². The van der Waals surface area contributed by atoms with E-state index in [0.29, 0.717) is 17.4 Å². The van der Waals surface area contributed by atoms with Gasteiger partial charge in [-0.2, -0.15) is 0 Å². The van der Waals surface area contributed by atoms with Crippen LogP contribution in [0, 0.1) is 0 Å². The van der Waals surface area contributed by atoms with Crippen molar-refractivity contribution in [3.05, 3.63) is 36.5 Å². The molecular weight excluding hydrogens is 1080 g/mol. The molecule has 512 valence electrons. The second-order valence-corrected chi connectivity index (χ2v) is 27.3. The molecular formula is C78H148NO8+. The summed E-state index contributed by atoms with van der Waals surface area (Å²) < 4.78 is 23.0. The monoisotopic (exact) mass is 1230 g/mol. The van der Waals surface area contributed by atoms with Crippen LogP contribution in [-0.2, 0) is 33.3 Å². The van der Waals surface area contributed by atoms with Gasteiger partial charge in [-0.3, -0.25) is 9.59 Å². The first-order valence-corrected chi connectivity index (χ1v) is 38.2. The van der Waals surface area contributed by atoms with Crippen LogP contribution in [0.15, 0.2) is 36.5 Å². The summed E-state index contributed by atoms with van der Waals surface area (Å²) in [7, 11) is 5.99. The van der Waals surface area contributed by atoms with Crippen molar-refractivity contribution in [2.24, 2.45) is 0 Å². The number of carbonyl (C=O) groups excluding carboxylic acids is 2. The molecule has 9 nitrogen and oxygen atoms in total. The molecule has 0 aromatic rings. The lowest BCUT2D eigenvalue weighted by Gasteiger charge is -2.25. The quantitative estimate of drug-likeness (QED) is 0.0211. The van der Waals surface area contributed by atoms with E-state index in [1.54, 1.807) is 0 Å². The topological polar surface area (TPSA) is 108 Å². The Morgan fingerprint density at radius 3 is 0.920 bits per heavy atom. The first-order chi connectivity index (χ1) is 42.6. The smallest absolute Gasteiger partial charge is 0.361 e. The van der Waals surface area contributed by atoms with Gasteiger partial charge in [-0.05, 0) is 70.6 Å². The van der Waals surface area contributed by atoms with Crippen molar-refractivity contribution in [2.75, 3.05) is 47.5 Å². The van der Waals surface area contributed by atoms with Crippen molar-refractivity contribution in [1.29, 1.82) is 0 Å². The summed E-state index contributed by atoms with van der Waals surface area (Å²) in [4.78, 5) is 37.7. The average molecular weight is 1230 g/mol. The maximum atomic E-state index is 13.0. The van der Waals surface area contributed by atoms with E-state index in [-0.39, 0.29) is 38.2 Å². The molecule has 0 aliphatic heterocycles. The zero-order chi connectivity index (χ0) is 63.3. The molecule has 0 heterocycles. The van der Waals surface area contributed by atoms with E-state index in [9.17, 15) is 19.5 Å². The fourth-order valence-electron chi connectivity index (χ4n) is 11.5. The van der Waals surface area contributed by atoms with Gasteiger partial charge in [-0.15, -0.1) is 0 Å². The van der Waals surface area contributed by atoms with E-state index in [1.165, 1.54) is 315 Å². The number of ether oxygens (including phenoxy) is 4. The number of rotatable bonds is 72. The van der Waals surface area contributed by atoms with Crippen LogP contribution < -0.4 is 0 Å². The molecule has 0 saturated carbocycles. The van der Waals surface area contributed by atoms with Crippen LogP contribution in [-0.4, -0.2) is 87.4 Å². The molecule has 1 N–H and O–H groups in total. The lowest BCUT2D eigenvalue weighted by atomic mass is 10.0. The molecule has 0 saturated heterocycles. The van der Waals surface area contributed by atoms with Gasteiger partial charge in [0.25, 0.3) is 6.29 Å². The Morgan fingerprint density at radius 1 is 0.345 bits per heavy atom. The summed E-state index contributed by atoms with van der Waals surface area (Å²) in [6.45, 7) is 4.94. The average Bonchev–Trinajstić information content (AvgIpc) is 3.57. The summed E-state index contributed by atoms with van der Waals surface area (Å²) in [6, 6.07) is 0. The molecule has 9 heteroatoms. The molecule has 0 amide bonds. The second kappa shape index (κ2) is 69.4. The fourth-order valence-corrected chi connectivity index (χ4v) is 11.5. The Bertz CT molecular complexity index is 1520. The van der Waals surface area contributed by atoms with E-state index in [0.717, 1.165) is 44.9 Å². The van der Waals surface area contributed by atoms with Crippen molar-refractivity contribution < 1.29 is 42.9 Å². The predicted octanol–water partition coefficient (Wildman–Crippen LogP) is 23.9. The van der Waals surface area contributed by atoms with Crippen LogP contribution in [0.2, 0.25) is 0 Å². The summed E-state index contributed by atoms with van der Waals surface area (Å²) in [6.07, 6.45) is 85.7. The van der Waals surface area contributed by atoms with E-state index in [1.807, 2.05) is 21.1 Å². The number of hydrogen-bond donors (Lipinski definition) is 1. The molecule has 0 radical (unpaired) electrons. The second-order valence-electron chi connectivity index (χ2n) is 27.3. The number of aliphatic carboxylic acids is 1. The standard InChI is InChI=1S/C78H147NO8/c1-6-8-10-12-14-16-18-20-22-24-26-28-30-32-33-34-35-36-37-38-39-40-41-42-43-45-47-49-51-53-55-57-59-61-63-65-67-69-76(81)87-74(73-86-78(77(82)83)84-71-70-79(3,4)5)72-85-75(80)68-66-64-62-60-58-56-54-52-50-48-46-44-31-29-27-25-23-21-19-17-15-13-11-9-7-2/h18,20,24-27,74,78H,6-17,19,21-23,28-73H2,1-5H3/p+1/b20-18-,26-24-,27-25-. The van der Waals surface area contributed by atoms with Crippen molar-refractivity contribution in [3.8, 4) is 0 Å². The summed E-state index contributed by atoms with van der Waals surface area (Å²) in [5.74, 6) is -1.97. The van der Waals surface area contributed by atoms with Gasteiger partial charge >= 0.3 is 17.9 Å². The third kappa shape index (κ3) is 70.8. The zero-order valence-electron chi connectivity index (χ0n) is 58.7. The minimum absolute atomic E-state index is 0.176. The van der Waals surface area contributed by atoms with E-state index >= 15 is 0 Å². The van der Waals surface area contributed by atoms with Gasteiger partial charge in [0.1, 0.15) is 13.2 Å². The SMILES string of the molecule is CCCCCCC/C=C\C/C=C\CCCCCCCCCCCCCCCCCCCCCCCCCCCC(=O)OC(COC(=O)CCCCCCCCCCCCCCC/C=C\CCCCCCCCCC)COC(OCC[N+](C)(C)C)C(=O)O. The zero-order valence-corrected chi connectivity index (χ0v) is 58.7. The molecule has 0 spiro atoms. The van der Waals surface area contributed by atoms with Gasteiger partial charge < -0.3 is 28.5 Å². The third-order valence-corrected chi connectivity index (χ3v) is 17.4. The molecule has 0 bridgehead atoms. The number of allylic oxidation sites excluding steroid dienone is 6. The highest BCUT2D eigenvalue weighted by atomic mass is 16.7. The largest absolute Gasteiger partial charge is 0.477 e. The highest BCUT2D eigenvalue weighted by Gasteiger charge is 2.25. The van der Waals surface area contributed by atoms with Crippen LogP contribution in [0.25, 0.3) is 0 Å². The van der Waals surface area contributed by atoms with E-state index in [4.69, 9.17) is 18.9 Å². The lowest BCUT2D eigenvalue weighted by Crippen LogP contribution is -2.40. The number of nitrogens with zero attached hydrogens (tertiary/aromatic N) is 1. The molecule has 0 aromatic heterocycles. The van der Waals surface area contributed by atoms with Gasteiger partial charge in [0, 0.05) is 12.8 Å². The van der Waals surface area contributed by atoms with Gasteiger partial charge in [0.2, 0.25) is 0 Å². The Hall–Kier alpha value is -2.49. The Morgan fingerprint density at radius 2 is 0.621 bits per heavy atom. The Balaban J connectivity index is 3.98.